The molecule has 0 aliphatic carbocycles. The summed E-state index contributed by atoms with van der Waals surface area (Å²) < 4.78 is 34.4. The van der Waals surface area contributed by atoms with Crippen molar-refractivity contribution in [2.75, 3.05) is 6.61 Å². The molecule has 0 unspecified atom stereocenters. The lowest BCUT2D eigenvalue weighted by Crippen LogP contribution is -2.23. The third kappa shape index (κ3) is 4.11. The normalized spacial score (nSPS) is 11.6. The van der Waals surface area contributed by atoms with Gasteiger partial charge in [0, 0.05) is 0 Å². The minimum Gasteiger partial charge on any atom is -0.691 e. The zero-order chi connectivity index (χ0) is 15.3. The summed E-state index contributed by atoms with van der Waals surface area (Å²) in [6.07, 6.45) is 0. The first-order valence-corrected chi connectivity index (χ1v) is 6.45. The summed E-state index contributed by atoms with van der Waals surface area (Å²) in [6.45, 7) is -1.25. The van der Waals surface area contributed by atoms with E-state index in [1.165, 1.54) is 6.07 Å². The molecule has 0 fully saturated rings. The molecule has 0 saturated heterocycles. The van der Waals surface area contributed by atoms with Gasteiger partial charge in [0.2, 0.25) is 0 Å². The quantitative estimate of drug-likeness (QED) is 0.353. The van der Waals surface area contributed by atoms with E-state index in [1.54, 1.807) is 36.4 Å². The molecule has 2 aromatic rings. The summed E-state index contributed by atoms with van der Waals surface area (Å²) in [7, 11) is 0. The molecular formula is C13H9F2O5S-. The van der Waals surface area contributed by atoms with Crippen molar-refractivity contribution in [3.05, 3.63) is 48.0 Å². The van der Waals surface area contributed by atoms with Gasteiger partial charge in [-0.25, -0.2) is 4.79 Å². The molecule has 0 N–H and O–H groups in total. The van der Waals surface area contributed by atoms with Crippen molar-refractivity contribution in [2.45, 2.75) is 5.25 Å². The molecule has 0 aliphatic heterocycles. The Morgan fingerprint density at radius 2 is 1.90 bits per heavy atom. The summed E-state index contributed by atoms with van der Waals surface area (Å²) in [5.74, 6) is -0.893. The molecule has 2 aromatic carbocycles. The maximum Gasteiger partial charge on any atom is 0.354 e. The summed E-state index contributed by atoms with van der Waals surface area (Å²) in [5, 5.41) is 10.1. The second kappa shape index (κ2) is 6.81. The maximum absolute atomic E-state index is 13.1. The molecule has 0 bridgehead atoms. The van der Waals surface area contributed by atoms with Crippen molar-refractivity contribution in [3.8, 4) is 0 Å². The van der Waals surface area contributed by atoms with Crippen LogP contribution in [0.3, 0.4) is 0 Å². The fourth-order valence-corrected chi connectivity index (χ4v) is 1.95. The molecule has 0 atom stereocenters. The molecule has 21 heavy (non-hydrogen) atoms. The largest absolute Gasteiger partial charge is 0.691 e. The minimum absolute atomic E-state index is 0.176. The van der Waals surface area contributed by atoms with Crippen LogP contribution in [0.2, 0.25) is 0 Å². The van der Waals surface area contributed by atoms with Crippen molar-refractivity contribution < 1.29 is 32.9 Å². The number of halogens is 2. The van der Waals surface area contributed by atoms with Gasteiger partial charge < -0.3 is 9.99 Å². The third-order valence-electron chi connectivity index (χ3n) is 2.56. The molecule has 0 aliphatic rings. The fraction of sp³-hybridized carbons (Fsp3) is 0.154. The van der Waals surface area contributed by atoms with E-state index >= 15 is 0 Å². The average Bonchev–Trinajstić information content (AvgIpc) is 2.50. The van der Waals surface area contributed by atoms with Gasteiger partial charge in [-0.15, -0.1) is 0 Å². The number of hydrogen-bond donors (Lipinski definition) is 0. The topological polar surface area (TPSA) is 67.8 Å². The lowest BCUT2D eigenvalue weighted by atomic mass is 10.1. The summed E-state index contributed by atoms with van der Waals surface area (Å²) in [5.41, 5.74) is 0.176. The Kier molecular flexibility index (Phi) is 5.07. The molecule has 5 nitrogen and oxygen atoms in total. The van der Waals surface area contributed by atoms with E-state index in [0.717, 1.165) is 5.39 Å². The van der Waals surface area contributed by atoms with Crippen LogP contribution < -0.4 is 5.26 Å². The zero-order valence-corrected chi connectivity index (χ0v) is 11.3. The first-order valence-electron chi connectivity index (χ1n) is 5.70. The number of fused-ring (bicyclic) bond motifs is 1. The Morgan fingerprint density at radius 1 is 1.19 bits per heavy atom. The number of ether oxygens (including phenoxy) is 1. The van der Waals surface area contributed by atoms with Crippen LogP contribution in [0, 0.1) is 0 Å². The van der Waals surface area contributed by atoms with Gasteiger partial charge in [-0.05, 0) is 16.8 Å². The monoisotopic (exact) mass is 315 g/mol. The number of carbonyl (C=O) groups excluding carboxylic acids is 1. The van der Waals surface area contributed by atoms with Gasteiger partial charge in [0.1, 0.15) is 12.0 Å². The Balaban J connectivity index is 2.09. The molecule has 2 rings (SSSR count). The maximum atomic E-state index is 13.1. The average molecular weight is 315 g/mol. The standard InChI is InChI=1S/C13H10F2O5S/c14-13(15,21-20-19-17)8-18-12(16)11-7-3-5-9-4-1-2-6-10(9)11/h1-7,17H,8H2/p-1. The molecule has 8 heteroatoms. The van der Waals surface area contributed by atoms with Crippen molar-refractivity contribution in [1.82, 2.24) is 0 Å². The van der Waals surface area contributed by atoms with Gasteiger partial charge in [0.25, 0.3) is 0 Å². The second-order valence-corrected chi connectivity index (χ2v) is 4.86. The predicted octanol–water partition coefficient (Wildman–Crippen LogP) is 2.46. The lowest BCUT2D eigenvalue weighted by molar-refractivity contribution is -0.777. The molecule has 0 heterocycles. The van der Waals surface area contributed by atoms with E-state index in [0.29, 0.717) is 5.39 Å². The van der Waals surface area contributed by atoms with Gasteiger partial charge in [0.05, 0.1) is 5.56 Å². The summed E-state index contributed by atoms with van der Waals surface area (Å²) in [6, 6.07) is 11.9. The van der Waals surface area contributed by atoms with E-state index in [4.69, 9.17) is 0 Å². The van der Waals surface area contributed by atoms with Gasteiger partial charge in [-0.2, -0.15) is 13.1 Å². The van der Waals surface area contributed by atoms with E-state index in [2.05, 4.69) is 14.1 Å². The Labute approximate surface area is 122 Å². The molecule has 0 saturated carbocycles. The van der Waals surface area contributed by atoms with Crippen molar-refractivity contribution in [2.24, 2.45) is 0 Å². The SMILES string of the molecule is O=C(OCC(F)(F)SOO[O-])c1cccc2ccccc12. The highest BCUT2D eigenvalue weighted by atomic mass is 32.2. The number of esters is 1. The van der Waals surface area contributed by atoms with Crippen LogP contribution in [-0.2, 0) is 14.1 Å². The molecule has 0 aromatic heterocycles. The van der Waals surface area contributed by atoms with E-state index < -0.39 is 29.9 Å². The fourth-order valence-electron chi connectivity index (χ4n) is 1.72. The smallest absolute Gasteiger partial charge is 0.354 e. The molecule has 0 radical (unpaired) electrons. The van der Waals surface area contributed by atoms with Crippen molar-refractivity contribution in [3.63, 3.8) is 0 Å². The number of carbonyl (C=O) groups is 1. The highest BCUT2D eigenvalue weighted by Gasteiger charge is 2.34. The van der Waals surface area contributed by atoms with Gasteiger partial charge in [0.15, 0.2) is 6.61 Å². The van der Waals surface area contributed by atoms with Crippen LogP contribution in [0.4, 0.5) is 8.78 Å². The second-order valence-electron chi connectivity index (χ2n) is 3.96. The van der Waals surface area contributed by atoms with Crippen LogP contribution in [0.15, 0.2) is 42.5 Å². The van der Waals surface area contributed by atoms with Crippen LogP contribution in [0.25, 0.3) is 10.8 Å². The third-order valence-corrected chi connectivity index (χ3v) is 3.05. The first-order chi connectivity index (χ1) is 10.0. The number of alkyl halides is 2. The highest BCUT2D eigenvalue weighted by molar-refractivity contribution is 7.95. The van der Waals surface area contributed by atoms with Gasteiger partial charge in [-0.3, -0.25) is 5.04 Å². The zero-order valence-electron chi connectivity index (χ0n) is 10.5. The highest BCUT2D eigenvalue weighted by Crippen LogP contribution is 2.30. The first kappa shape index (κ1) is 15.6. The van der Waals surface area contributed by atoms with Crippen LogP contribution in [0.5, 0.6) is 0 Å². The molecule has 112 valence electrons. The Hall–Kier alpha value is -1.74. The van der Waals surface area contributed by atoms with Crippen molar-refractivity contribution >= 4 is 28.8 Å². The van der Waals surface area contributed by atoms with Crippen LogP contribution in [-0.4, -0.2) is 17.8 Å². The molecular weight excluding hydrogens is 306 g/mol. The molecule has 0 amide bonds. The van der Waals surface area contributed by atoms with E-state index in [9.17, 15) is 18.8 Å². The predicted molar refractivity (Wildman–Crippen MR) is 68.9 cm³/mol. The van der Waals surface area contributed by atoms with Crippen LogP contribution in [0.1, 0.15) is 10.4 Å². The Morgan fingerprint density at radius 3 is 2.67 bits per heavy atom. The van der Waals surface area contributed by atoms with Gasteiger partial charge >= 0.3 is 11.2 Å². The Bertz CT molecular complexity index is 629. The summed E-state index contributed by atoms with van der Waals surface area (Å²) >= 11 is -0.526. The molecule has 0 spiro atoms. The summed E-state index contributed by atoms with van der Waals surface area (Å²) in [4.78, 5) is 11.9. The minimum atomic E-state index is -3.59. The van der Waals surface area contributed by atoms with Crippen molar-refractivity contribution in [1.29, 1.82) is 0 Å². The number of benzene rings is 2. The van der Waals surface area contributed by atoms with E-state index in [1.807, 2.05) is 0 Å². The van der Waals surface area contributed by atoms with Gasteiger partial charge in [-0.1, -0.05) is 36.4 Å². The number of hydrogen-bond acceptors (Lipinski definition) is 6. The lowest BCUT2D eigenvalue weighted by Gasteiger charge is -2.15. The van der Waals surface area contributed by atoms with E-state index in [-0.39, 0.29) is 5.56 Å². The van der Waals surface area contributed by atoms with Crippen LogP contribution >= 0.6 is 12.0 Å². The number of rotatable bonds is 6.